The van der Waals surface area contributed by atoms with Crippen LogP contribution in [0, 0.1) is 6.92 Å². The van der Waals surface area contributed by atoms with Crippen molar-refractivity contribution < 1.29 is 14.3 Å². The molecule has 1 aromatic heterocycles. The zero-order chi connectivity index (χ0) is 15.2. The molecule has 0 unspecified atom stereocenters. The van der Waals surface area contributed by atoms with Crippen molar-refractivity contribution in [3.8, 4) is 11.3 Å². The van der Waals surface area contributed by atoms with E-state index in [9.17, 15) is 4.79 Å². The average molecular weight is 289 g/mol. The molecule has 112 valence electrons. The van der Waals surface area contributed by atoms with E-state index in [0.29, 0.717) is 5.69 Å². The zero-order valence-electron chi connectivity index (χ0n) is 12.3. The fraction of sp³-hybridized carbons (Fsp3) is 0.333. The molecule has 0 atom stereocenters. The maximum Gasteiger partial charge on any atom is 0.269 e. The molecule has 0 aliphatic heterocycles. The van der Waals surface area contributed by atoms with Crippen LogP contribution >= 0.6 is 0 Å². The SMILES string of the molecule is COC(CNC(=O)c1cc(-c2ccc(C)cc2)n[nH]1)OC. The van der Waals surface area contributed by atoms with Crippen molar-refractivity contribution in [2.45, 2.75) is 13.2 Å². The number of nitrogens with zero attached hydrogens (tertiary/aromatic N) is 1. The Morgan fingerprint density at radius 2 is 1.95 bits per heavy atom. The molecule has 21 heavy (non-hydrogen) atoms. The number of hydrogen-bond acceptors (Lipinski definition) is 4. The van der Waals surface area contributed by atoms with E-state index >= 15 is 0 Å². The van der Waals surface area contributed by atoms with Crippen LogP contribution in [0.3, 0.4) is 0 Å². The number of carbonyl (C=O) groups is 1. The molecule has 1 aromatic carbocycles. The summed E-state index contributed by atoms with van der Waals surface area (Å²) >= 11 is 0. The summed E-state index contributed by atoms with van der Waals surface area (Å²) in [6.45, 7) is 2.29. The van der Waals surface area contributed by atoms with Crippen LogP contribution in [0.4, 0.5) is 0 Å². The Bertz CT molecular complexity index is 588. The lowest BCUT2D eigenvalue weighted by Crippen LogP contribution is -2.34. The number of carbonyl (C=O) groups excluding carboxylic acids is 1. The third kappa shape index (κ3) is 3.90. The monoisotopic (exact) mass is 289 g/mol. The molecule has 6 heteroatoms. The molecule has 1 amide bonds. The van der Waals surface area contributed by atoms with Gasteiger partial charge < -0.3 is 14.8 Å². The van der Waals surface area contributed by atoms with Crippen LogP contribution in [0.5, 0.6) is 0 Å². The van der Waals surface area contributed by atoms with E-state index < -0.39 is 6.29 Å². The summed E-state index contributed by atoms with van der Waals surface area (Å²) in [5.74, 6) is -0.250. The van der Waals surface area contributed by atoms with E-state index in [2.05, 4.69) is 15.5 Å². The van der Waals surface area contributed by atoms with Gasteiger partial charge in [0.05, 0.1) is 12.2 Å². The molecule has 0 saturated heterocycles. The summed E-state index contributed by atoms with van der Waals surface area (Å²) in [5.41, 5.74) is 3.27. The highest BCUT2D eigenvalue weighted by molar-refractivity contribution is 5.93. The van der Waals surface area contributed by atoms with E-state index in [0.717, 1.165) is 11.3 Å². The van der Waals surface area contributed by atoms with Gasteiger partial charge in [0.25, 0.3) is 5.91 Å². The molecular formula is C15H19N3O3. The number of H-pyrrole nitrogens is 1. The average Bonchev–Trinajstić information content (AvgIpc) is 2.99. The topological polar surface area (TPSA) is 76.2 Å². The Labute approximate surface area is 123 Å². The molecule has 0 saturated carbocycles. The minimum absolute atomic E-state index is 0.250. The third-order valence-corrected chi connectivity index (χ3v) is 3.12. The molecular weight excluding hydrogens is 270 g/mol. The second kappa shape index (κ2) is 7.01. The predicted molar refractivity (Wildman–Crippen MR) is 78.9 cm³/mol. The minimum Gasteiger partial charge on any atom is -0.354 e. The number of aryl methyl sites for hydroxylation is 1. The number of benzene rings is 1. The molecule has 0 fully saturated rings. The Kier molecular flexibility index (Phi) is 5.08. The molecule has 6 nitrogen and oxygen atoms in total. The molecule has 0 aliphatic rings. The van der Waals surface area contributed by atoms with Gasteiger partial charge in [0, 0.05) is 19.8 Å². The Morgan fingerprint density at radius 3 is 2.57 bits per heavy atom. The Morgan fingerprint density at radius 1 is 1.29 bits per heavy atom. The van der Waals surface area contributed by atoms with Crippen LogP contribution in [0.2, 0.25) is 0 Å². The maximum absolute atomic E-state index is 12.0. The van der Waals surface area contributed by atoms with Gasteiger partial charge >= 0.3 is 0 Å². The van der Waals surface area contributed by atoms with Crippen molar-refractivity contribution in [1.82, 2.24) is 15.5 Å². The van der Waals surface area contributed by atoms with Crippen molar-refractivity contribution in [3.63, 3.8) is 0 Å². The second-order valence-corrected chi connectivity index (χ2v) is 4.64. The van der Waals surface area contributed by atoms with Crippen molar-refractivity contribution in [1.29, 1.82) is 0 Å². The number of ether oxygens (including phenoxy) is 2. The summed E-state index contributed by atoms with van der Waals surface area (Å²) in [4.78, 5) is 12.0. The molecule has 1 heterocycles. The summed E-state index contributed by atoms with van der Waals surface area (Å²) in [6, 6.07) is 9.67. The van der Waals surface area contributed by atoms with Gasteiger partial charge in [0.1, 0.15) is 5.69 Å². The fourth-order valence-electron chi connectivity index (χ4n) is 1.84. The number of aromatic amines is 1. The van der Waals surface area contributed by atoms with E-state index in [1.54, 1.807) is 6.07 Å². The first-order valence-corrected chi connectivity index (χ1v) is 6.60. The molecule has 0 bridgehead atoms. The predicted octanol–water partition coefficient (Wildman–Crippen LogP) is 1.73. The normalized spacial score (nSPS) is 10.9. The van der Waals surface area contributed by atoms with Crippen molar-refractivity contribution >= 4 is 5.91 Å². The van der Waals surface area contributed by atoms with Crippen molar-refractivity contribution in [2.24, 2.45) is 0 Å². The highest BCUT2D eigenvalue weighted by atomic mass is 16.7. The summed E-state index contributed by atoms with van der Waals surface area (Å²) in [7, 11) is 3.04. The summed E-state index contributed by atoms with van der Waals surface area (Å²) in [5, 5.41) is 9.61. The number of nitrogens with one attached hydrogen (secondary N) is 2. The molecule has 0 spiro atoms. The smallest absolute Gasteiger partial charge is 0.269 e. The number of amides is 1. The third-order valence-electron chi connectivity index (χ3n) is 3.12. The van der Waals surface area contributed by atoms with E-state index in [1.165, 1.54) is 19.8 Å². The second-order valence-electron chi connectivity index (χ2n) is 4.64. The van der Waals surface area contributed by atoms with Crippen LogP contribution in [-0.4, -0.2) is 43.2 Å². The summed E-state index contributed by atoms with van der Waals surface area (Å²) in [6.07, 6.45) is -0.464. The molecule has 0 radical (unpaired) electrons. The van der Waals surface area contributed by atoms with Gasteiger partial charge in [-0.2, -0.15) is 5.10 Å². The summed E-state index contributed by atoms with van der Waals surface area (Å²) < 4.78 is 10.0. The number of methoxy groups -OCH3 is 2. The van der Waals surface area contributed by atoms with E-state index in [-0.39, 0.29) is 12.5 Å². The number of hydrogen-bond donors (Lipinski definition) is 2. The highest BCUT2D eigenvalue weighted by Crippen LogP contribution is 2.18. The highest BCUT2D eigenvalue weighted by Gasteiger charge is 2.13. The van der Waals surface area contributed by atoms with Gasteiger partial charge in [0.15, 0.2) is 6.29 Å². The van der Waals surface area contributed by atoms with Gasteiger partial charge in [-0.25, -0.2) is 0 Å². The molecule has 0 aliphatic carbocycles. The van der Waals surface area contributed by atoms with E-state index in [1.807, 2.05) is 31.2 Å². The molecule has 2 N–H and O–H groups in total. The van der Waals surface area contributed by atoms with Crippen LogP contribution in [0.25, 0.3) is 11.3 Å². The van der Waals surface area contributed by atoms with Crippen LogP contribution in [0.1, 0.15) is 16.1 Å². The van der Waals surface area contributed by atoms with Gasteiger partial charge in [-0.15, -0.1) is 0 Å². The van der Waals surface area contributed by atoms with Crippen molar-refractivity contribution in [2.75, 3.05) is 20.8 Å². The van der Waals surface area contributed by atoms with Crippen LogP contribution < -0.4 is 5.32 Å². The number of rotatable bonds is 6. The lowest BCUT2D eigenvalue weighted by Gasteiger charge is -2.13. The lowest BCUT2D eigenvalue weighted by atomic mass is 10.1. The van der Waals surface area contributed by atoms with Gasteiger partial charge in [-0.3, -0.25) is 9.89 Å². The van der Waals surface area contributed by atoms with Gasteiger partial charge in [0.2, 0.25) is 0 Å². The lowest BCUT2D eigenvalue weighted by molar-refractivity contribution is -0.0974. The van der Waals surface area contributed by atoms with E-state index in [4.69, 9.17) is 9.47 Å². The van der Waals surface area contributed by atoms with Gasteiger partial charge in [-0.1, -0.05) is 29.8 Å². The quantitative estimate of drug-likeness (QED) is 0.794. The fourth-order valence-corrected chi connectivity index (χ4v) is 1.84. The Balaban J connectivity index is 2.02. The standard InChI is InChI=1S/C15H19N3O3/c1-10-4-6-11(7-5-10)12-8-13(18-17-12)15(19)16-9-14(20-2)21-3/h4-8,14H,9H2,1-3H3,(H,16,19)(H,17,18). The largest absolute Gasteiger partial charge is 0.354 e. The molecule has 2 aromatic rings. The van der Waals surface area contributed by atoms with Crippen LogP contribution in [-0.2, 0) is 9.47 Å². The zero-order valence-corrected chi connectivity index (χ0v) is 12.3. The number of aromatic nitrogens is 2. The Hall–Kier alpha value is -2.18. The maximum atomic E-state index is 12.0. The van der Waals surface area contributed by atoms with Crippen LogP contribution in [0.15, 0.2) is 30.3 Å². The first-order chi connectivity index (χ1) is 10.1. The first-order valence-electron chi connectivity index (χ1n) is 6.60. The first kappa shape index (κ1) is 15.2. The molecule has 2 rings (SSSR count). The van der Waals surface area contributed by atoms with Gasteiger partial charge in [-0.05, 0) is 13.0 Å². The minimum atomic E-state index is -0.464. The van der Waals surface area contributed by atoms with Crippen molar-refractivity contribution in [3.05, 3.63) is 41.6 Å².